The van der Waals surface area contributed by atoms with Gasteiger partial charge in [0.25, 0.3) is 0 Å². The standard InChI is InChI=1S/C12H21NO3/c1-9(2)7-11(8-13)12(14)16-6-5-15-10(3)4/h9-11H,5-7H2,1-4H3. The van der Waals surface area contributed by atoms with Crippen LogP contribution in [-0.4, -0.2) is 25.3 Å². The molecular weight excluding hydrogens is 206 g/mol. The van der Waals surface area contributed by atoms with Crippen LogP contribution in [0.1, 0.15) is 34.1 Å². The molecule has 92 valence electrons. The maximum Gasteiger partial charge on any atom is 0.323 e. The molecule has 0 saturated carbocycles. The Morgan fingerprint density at radius 3 is 2.31 bits per heavy atom. The number of nitrogens with zero attached hydrogens (tertiary/aromatic N) is 1. The van der Waals surface area contributed by atoms with E-state index in [0.717, 1.165) is 0 Å². The van der Waals surface area contributed by atoms with E-state index < -0.39 is 11.9 Å². The first-order chi connectivity index (χ1) is 7.47. The summed E-state index contributed by atoms with van der Waals surface area (Å²) in [6, 6.07) is 1.97. The lowest BCUT2D eigenvalue weighted by atomic mass is 9.99. The van der Waals surface area contributed by atoms with Crippen molar-refractivity contribution in [3.8, 4) is 6.07 Å². The van der Waals surface area contributed by atoms with Crippen LogP contribution < -0.4 is 0 Å². The minimum Gasteiger partial charge on any atom is -0.462 e. The topological polar surface area (TPSA) is 59.3 Å². The highest BCUT2D eigenvalue weighted by atomic mass is 16.6. The second-order valence-corrected chi connectivity index (χ2v) is 4.40. The average molecular weight is 227 g/mol. The number of carbonyl (C=O) groups is 1. The zero-order chi connectivity index (χ0) is 12.6. The molecule has 1 unspecified atom stereocenters. The molecule has 0 heterocycles. The molecule has 0 rings (SSSR count). The van der Waals surface area contributed by atoms with Crippen molar-refractivity contribution >= 4 is 5.97 Å². The van der Waals surface area contributed by atoms with Gasteiger partial charge in [-0.2, -0.15) is 5.26 Å². The normalized spacial score (nSPS) is 12.6. The summed E-state index contributed by atoms with van der Waals surface area (Å²) in [5.41, 5.74) is 0. The Hall–Kier alpha value is -1.08. The number of rotatable bonds is 7. The molecule has 16 heavy (non-hydrogen) atoms. The van der Waals surface area contributed by atoms with Crippen molar-refractivity contribution in [1.82, 2.24) is 0 Å². The van der Waals surface area contributed by atoms with Crippen molar-refractivity contribution in [3.05, 3.63) is 0 Å². The van der Waals surface area contributed by atoms with Gasteiger partial charge < -0.3 is 9.47 Å². The van der Waals surface area contributed by atoms with Gasteiger partial charge in [-0.3, -0.25) is 4.79 Å². The molecule has 0 aromatic heterocycles. The SMILES string of the molecule is CC(C)CC(C#N)C(=O)OCCOC(C)C. The lowest BCUT2D eigenvalue weighted by Crippen LogP contribution is -2.21. The van der Waals surface area contributed by atoms with E-state index in [0.29, 0.717) is 18.9 Å². The van der Waals surface area contributed by atoms with Gasteiger partial charge in [0.05, 0.1) is 18.8 Å². The van der Waals surface area contributed by atoms with E-state index in [1.165, 1.54) is 0 Å². The van der Waals surface area contributed by atoms with Crippen LogP contribution in [0.2, 0.25) is 0 Å². The monoisotopic (exact) mass is 227 g/mol. The summed E-state index contributed by atoms with van der Waals surface area (Å²) < 4.78 is 10.2. The van der Waals surface area contributed by atoms with Gasteiger partial charge in [0.2, 0.25) is 0 Å². The van der Waals surface area contributed by atoms with Gasteiger partial charge in [0, 0.05) is 0 Å². The van der Waals surface area contributed by atoms with Crippen molar-refractivity contribution in [3.63, 3.8) is 0 Å². The molecule has 0 radical (unpaired) electrons. The highest BCUT2D eigenvalue weighted by molar-refractivity contribution is 5.75. The lowest BCUT2D eigenvalue weighted by Gasteiger charge is -2.12. The zero-order valence-corrected chi connectivity index (χ0v) is 10.5. The summed E-state index contributed by atoms with van der Waals surface area (Å²) in [5.74, 6) is -0.785. The first-order valence-corrected chi connectivity index (χ1v) is 5.65. The van der Waals surface area contributed by atoms with Gasteiger partial charge in [0.15, 0.2) is 0 Å². The van der Waals surface area contributed by atoms with Crippen molar-refractivity contribution < 1.29 is 14.3 Å². The first-order valence-electron chi connectivity index (χ1n) is 5.65. The van der Waals surface area contributed by atoms with Crippen LogP contribution in [0.3, 0.4) is 0 Å². The molecule has 0 aromatic rings. The van der Waals surface area contributed by atoms with Crippen molar-refractivity contribution in [2.75, 3.05) is 13.2 Å². The number of hydrogen-bond acceptors (Lipinski definition) is 4. The summed E-state index contributed by atoms with van der Waals surface area (Å²) in [6.07, 6.45) is 0.668. The molecule has 4 nitrogen and oxygen atoms in total. The second kappa shape index (κ2) is 8.12. The minimum atomic E-state index is -0.654. The highest BCUT2D eigenvalue weighted by Crippen LogP contribution is 2.12. The quantitative estimate of drug-likeness (QED) is 0.494. The third-order valence-corrected chi connectivity index (χ3v) is 1.93. The van der Waals surface area contributed by atoms with E-state index in [-0.39, 0.29) is 12.7 Å². The van der Waals surface area contributed by atoms with Crippen LogP contribution in [0.4, 0.5) is 0 Å². The molecule has 0 amide bonds. The summed E-state index contributed by atoms with van der Waals surface area (Å²) in [4.78, 5) is 11.5. The first kappa shape index (κ1) is 14.9. The van der Waals surface area contributed by atoms with E-state index in [2.05, 4.69) is 0 Å². The van der Waals surface area contributed by atoms with Crippen LogP contribution >= 0.6 is 0 Å². The van der Waals surface area contributed by atoms with Gasteiger partial charge >= 0.3 is 5.97 Å². The van der Waals surface area contributed by atoms with Gasteiger partial charge in [-0.15, -0.1) is 0 Å². The lowest BCUT2D eigenvalue weighted by molar-refractivity contribution is -0.149. The van der Waals surface area contributed by atoms with Gasteiger partial charge in [0.1, 0.15) is 12.5 Å². The Morgan fingerprint density at radius 1 is 1.25 bits per heavy atom. The van der Waals surface area contributed by atoms with Crippen LogP contribution in [0.5, 0.6) is 0 Å². The van der Waals surface area contributed by atoms with Crippen LogP contribution in [-0.2, 0) is 14.3 Å². The molecule has 4 heteroatoms. The predicted molar refractivity (Wildman–Crippen MR) is 60.6 cm³/mol. The largest absolute Gasteiger partial charge is 0.462 e. The zero-order valence-electron chi connectivity index (χ0n) is 10.5. The van der Waals surface area contributed by atoms with E-state index >= 15 is 0 Å². The van der Waals surface area contributed by atoms with Crippen LogP contribution in [0.25, 0.3) is 0 Å². The fourth-order valence-electron chi connectivity index (χ4n) is 1.20. The number of esters is 1. The van der Waals surface area contributed by atoms with Crippen LogP contribution in [0, 0.1) is 23.2 Å². The minimum absolute atomic E-state index is 0.126. The van der Waals surface area contributed by atoms with Crippen molar-refractivity contribution in [2.45, 2.75) is 40.2 Å². The predicted octanol–water partition coefficient (Wildman–Crippen LogP) is 2.14. The molecule has 0 N–H and O–H groups in total. The van der Waals surface area contributed by atoms with Crippen molar-refractivity contribution in [1.29, 1.82) is 5.26 Å². The second-order valence-electron chi connectivity index (χ2n) is 4.40. The third kappa shape index (κ3) is 7.24. The van der Waals surface area contributed by atoms with E-state index in [9.17, 15) is 4.79 Å². The summed E-state index contributed by atoms with van der Waals surface area (Å²) in [6.45, 7) is 8.37. The van der Waals surface area contributed by atoms with E-state index in [1.807, 2.05) is 33.8 Å². The fourth-order valence-corrected chi connectivity index (χ4v) is 1.20. The fraction of sp³-hybridized carbons (Fsp3) is 0.833. The van der Waals surface area contributed by atoms with Gasteiger partial charge in [-0.25, -0.2) is 0 Å². The number of hydrogen-bond donors (Lipinski definition) is 0. The molecule has 0 aliphatic rings. The van der Waals surface area contributed by atoms with Crippen molar-refractivity contribution in [2.24, 2.45) is 11.8 Å². The molecule has 0 saturated heterocycles. The Balaban J connectivity index is 3.81. The molecular formula is C12H21NO3. The molecule has 0 aliphatic heterocycles. The van der Waals surface area contributed by atoms with Gasteiger partial charge in [-0.1, -0.05) is 13.8 Å². The summed E-state index contributed by atoms with van der Waals surface area (Å²) in [7, 11) is 0. The molecule has 0 bridgehead atoms. The summed E-state index contributed by atoms with van der Waals surface area (Å²) in [5, 5.41) is 8.81. The number of nitriles is 1. The Bertz CT molecular complexity index is 243. The molecule has 0 spiro atoms. The summed E-state index contributed by atoms with van der Waals surface area (Å²) >= 11 is 0. The Labute approximate surface area is 97.5 Å². The number of carbonyl (C=O) groups excluding carboxylic acids is 1. The van der Waals surface area contributed by atoms with Gasteiger partial charge in [-0.05, 0) is 26.2 Å². The van der Waals surface area contributed by atoms with Crippen LogP contribution in [0.15, 0.2) is 0 Å². The molecule has 0 aromatic carbocycles. The molecule has 1 atom stereocenters. The third-order valence-electron chi connectivity index (χ3n) is 1.93. The number of ether oxygens (including phenoxy) is 2. The maximum absolute atomic E-state index is 11.5. The average Bonchev–Trinajstić information content (AvgIpc) is 2.20. The Morgan fingerprint density at radius 2 is 1.88 bits per heavy atom. The highest BCUT2D eigenvalue weighted by Gasteiger charge is 2.20. The molecule has 0 aliphatic carbocycles. The molecule has 0 fully saturated rings. The maximum atomic E-state index is 11.5. The Kier molecular flexibility index (Phi) is 7.57. The smallest absolute Gasteiger partial charge is 0.323 e. The van der Waals surface area contributed by atoms with E-state index in [4.69, 9.17) is 14.7 Å². The van der Waals surface area contributed by atoms with E-state index in [1.54, 1.807) is 0 Å².